The van der Waals surface area contributed by atoms with Crippen LogP contribution in [0.4, 0.5) is 0 Å². The predicted molar refractivity (Wildman–Crippen MR) is 83.0 cm³/mol. The van der Waals surface area contributed by atoms with Gasteiger partial charge in [-0.2, -0.15) is 0 Å². The van der Waals surface area contributed by atoms with Crippen molar-refractivity contribution in [3.05, 3.63) is 0 Å². The topological polar surface area (TPSA) is 9.23 Å². The molecule has 3 heteroatoms. The molecule has 0 spiro atoms. The van der Waals surface area contributed by atoms with Crippen molar-refractivity contribution in [3.63, 3.8) is 0 Å². The Hall–Kier alpha value is 0.680. The molecule has 0 radical (unpaired) electrons. The number of unbranched alkanes of at least 4 members (excludes halogenated alkanes) is 3. The summed E-state index contributed by atoms with van der Waals surface area (Å²) >= 11 is 0. The molecule has 0 bridgehead atoms. The molecule has 0 unspecified atom stereocenters. The minimum absolute atomic E-state index is 0. The van der Waals surface area contributed by atoms with Gasteiger partial charge in [0, 0.05) is 14.4 Å². The molecule has 0 aliphatic rings. The Morgan fingerprint density at radius 1 is 0.722 bits per heavy atom. The van der Waals surface area contributed by atoms with Gasteiger partial charge in [-0.25, -0.2) is 0 Å². The molecule has 0 saturated carbocycles. The van der Waals surface area contributed by atoms with E-state index in [0.29, 0.717) is 0 Å². The van der Waals surface area contributed by atoms with E-state index in [4.69, 9.17) is 4.74 Å². The van der Waals surface area contributed by atoms with Gasteiger partial charge in [0.1, 0.15) is 0 Å². The molecule has 0 aromatic heterocycles. The standard InChI is InChI=1S/C15H34OP.ClH/c1-5-8-12-17(13-9-6-2,14-10-7-3)15-11-16-4;/h5-15H2,1-4H3;1H/q+1;/p-1. The summed E-state index contributed by atoms with van der Waals surface area (Å²) < 4.78 is 5.37. The van der Waals surface area contributed by atoms with Crippen molar-refractivity contribution >= 4 is 7.26 Å². The highest BCUT2D eigenvalue weighted by molar-refractivity contribution is 7.75. The molecule has 0 amide bonds. The van der Waals surface area contributed by atoms with Crippen LogP contribution in [-0.4, -0.2) is 38.4 Å². The first-order valence-corrected chi connectivity index (χ1v) is 10.1. The first-order chi connectivity index (χ1) is 8.24. The summed E-state index contributed by atoms with van der Waals surface area (Å²) in [5, 5.41) is 0. The maximum Gasteiger partial charge on any atom is 0.0828 e. The Kier molecular flexibility index (Phi) is 16.4. The Morgan fingerprint density at radius 2 is 1.11 bits per heavy atom. The molecule has 0 aromatic carbocycles. The van der Waals surface area contributed by atoms with E-state index in [0.717, 1.165) is 6.61 Å². The van der Waals surface area contributed by atoms with Crippen LogP contribution in [0.5, 0.6) is 0 Å². The summed E-state index contributed by atoms with van der Waals surface area (Å²) in [5.74, 6) is 0. The van der Waals surface area contributed by atoms with Crippen LogP contribution in [0.3, 0.4) is 0 Å². The van der Waals surface area contributed by atoms with Crippen molar-refractivity contribution in [1.82, 2.24) is 0 Å². The van der Waals surface area contributed by atoms with E-state index in [1.807, 2.05) is 7.11 Å². The van der Waals surface area contributed by atoms with Crippen LogP contribution in [0.15, 0.2) is 0 Å². The molecule has 0 saturated heterocycles. The number of methoxy groups -OCH3 is 1. The molecular weight excluding hydrogens is 263 g/mol. The second kappa shape index (κ2) is 14.1. The van der Waals surface area contributed by atoms with Gasteiger partial charge in [0.25, 0.3) is 0 Å². The Morgan fingerprint density at radius 3 is 1.39 bits per heavy atom. The average Bonchev–Trinajstić information content (AvgIpc) is 2.37. The highest BCUT2D eigenvalue weighted by Gasteiger charge is 2.34. The van der Waals surface area contributed by atoms with Crippen molar-refractivity contribution in [2.45, 2.75) is 59.3 Å². The van der Waals surface area contributed by atoms with Crippen LogP contribution in [-0.2, 0) is 4.74 Å². The number of halogens is 1. The summed E-state index contributed by atoms with van der Waals surface area (Å²) in [4.78, 5) is 0. The molecule has 18 heavy (non-hydrogen) atoms. The minimum atomic E-state index is -0.687. The van der Waals surface area contributed by atoms with Gasteiger partial charge in [0.15, 0.2) is 0 Å². The molecule has 1 nitrogen and oxygen atoms in total. The molecule has 0 rings (SSSR count). The lowest BCUT2D eigenvalue weighted by atomic mass is 10.4. The van der Waals surface area contributed by atoms with Crippen molar-refractivity contribution < 1.29 is 17.1 Å². The fourth-order valence-corrected chi connectivity index (χ4v) is 7.31. The van der Waals surface area contributed by atoms with E-state index in [2.05, 4.69) is 20.8 Å². The van der Waals surface area contributed by atoms with Crippen molar-refractivity contribution in [3.8, 4) is 0 Å². The van der Waals surface area contributed by atoms with Crippen LogP contribution >= 0.6 is 7.26 Å². The molecule has 0 aromatic rings. The van der Waals surface area contributed by atoms with Crippen molar-refractivity contribution in [2.75, 3.05) is 38.4 Å². The maximum atomic E-state index is 5.37. The smallest absolute Gasteiger partial charge is 0.0828 e. The van der Waals surface area contributed by atoms with E-state index in [1.54, 1.807) is 0 Å². The highest BCUT2D eigenvalue weighted by Crippen LogP contribution is 2.60. The lowest BCUT2D eigenvalue weighted by molar-refractivity contribution is -0.00000438. The van der Waals surface area contributed by atoms with Crippen LogP contribution < -0.4 is 12.4 Å². The predicted octanol–water partition coefficient (Wildman–Crippen LogP) is 2.05. The van der Waals surface area contributed by atoms with Gasteiger partial charge in [-0.1, -0.05) is 40.0 Å². The van der Waals surface area contributed by atoms with Gasteiger partial charge >= 0.3 is 0 Å². The van der Waals surface area contributed by atoms with Crippen LogP contribution in [0.1, 0.15) is 59.3 Å². The summed E-state index contributed by atoms with van der Waals surface area (Å²) in [6.07, 6.45) is 14.3. The van der Waals surface area contributed by atoms with E-state index < -0.39 is 7.26 Å². The van der Waals surface area contributed by atoms with Gasteiger partial charge in [-0.15, -0.1) is 0 Å². The fraction of sp³-hybridized carbons (Fsp3) is 1.00. The summed E-state index contributed by atoms with van der Waals surface area (Å²) in [5.41, 5.74) is 0. The molecule has 0 fully saturated rings. The molecule has 0 aliphatic carbocycles. The minimum Gasteiger partial charge on any atom is -1.00 e. The Balaban J connectivity index is 0. The second-order valence-corrected chi connectivity index (χ2v) is 9.76. The molecular formula is C15H34ClOP. The first-order valence-electron chi connectivity index (χ1n) is 7.58. The number of rotatable bonds is 12. The zero-order valence-corrected chi connectivity index (χ0v) is 14.7. The van der Waals surface area contributed by atoms with E-state index in [9.17, 15) is 0 Å². The van der Waals surface area contributed by atoms with Gasteiger partial charge in [-0.3, -0.25) is 0 Å². The first kappa shape index (κ1) is 21.0. The largest absolute Gasteiger partial charge is 1.00 e. The van der Waals surface area contributed by atoms with Gasteiger partial charge < -0.3 is 17.1 Å². The average molecular weight is 297 g/mol. The Bertz CT molecular complexity index is 127. The SMILES string of the molecule is CCCC[P+](CCCC)(CCCC)CCOC.[Cl-]. The zero-order valence-electron chi connectivity index (χ0n) is 13.0. The number of ether oxygens (including phenoxy) is 1. The summed E-state index contributed by atoms with van der Waals surface area (Å²) in [6.45, 7) is 7.96. The summed E-state index contributed by atoms with van der Waals surface area (Å²) in [6, 6.07) is 0. The fourth-order valence-electron chi connectivity index (χ4n) is 2.44. The van der Waals surface area contributed by atoms with E-state index in [1.165, 1.54) is 63.2 Å². The van der Waals surface area contributed by atoms with Gasteiger partial charge in [0.05, 0.1) is 31.3 Å². The number of hydrogen-bond acceptors (Lipinski definition) is 1. The number of hydrogen-bond donors (Lipinski definition) is 0. The van der Waals surface area contributed by atoms with Crippen molar-refractivity contribution in [1.29, 1.82) is 0 Å². The van der Waals surface area contributed by atoms with Gasteiger partial charge in [-0.05, 0) is 19.3 Å². The molecule has 0 heterocycles. The normalized spacial score (nSPS) is 11.3. The van der Waals surface area contributed by atoms with E-state index >= 15 is 0 Å². The maximum absolute atomic E-state index is 5.37. The zero-order chi connectivity index (χ0) is 13.0. The van der Waals surface area contributed by atoms with Crippen LogP contribution in [0.2, 0.25) is 0 Å². The van der Waals surface area contributed by atoms with Crippen molar-refractivity contribution in [2.24, 2.45) is 0 Å². The lowest BCUT2D eigenvalue weighted by Gasteiger charge is -2.27. The Labute approximate surface area is 122 Å². The third kappa shape index (κ3) is 9.59. The quantitative estimate of drug-likeness (QED) is 0.501. The van der Waals surface area contributed by atoms with E-state index in [-0.39, 0.29) is 12.4 Å². The second-order valence-electron chi connectivity index (χ2n) is 5.29. The monoisotopic (exact) mass is 296 g/mol. The van der Waals surface area contributed by atoms with Crippen LogP contribution in [0, 0.1) is 0 Å². The third-order valence-electron chi connectivity index (χ3n) is 3.73. The molecule has 112 valence electrons. The molecule has 0 aliphatic heterocycles. The van der Waals surface area contributed by atoms with Gasteiger partial charge in [0.2, 0.25) is 0 Å². The van der Waals surface area contributed by atoms with Crippen LogP contribution in [0.25, 0.3) is 0 Å². The third-order valence-corrected chi connectivity index (χ3v) is 8.65. The molecule has 0 atom stereocenters. The lowest BCUT2D eigenvalue weighted by Crippen LogP contribution is -3.00. The highest BCUT2D eigenvalue weighted by atomic mass is 35.5. The molecule has 0 N–H and O–H groups in total. The summed E-state index contributed by atoms with van der Waals surface area (Å²) in [7, 11) is 1.17.